The first-order valence-corrected chi connectivity index (χ1v) is 10.8. The molecule has 0 aliphatic heterocycles. The Labute approximate surface area is 156 Å². The van der Waals surface area contributed by atoms with E-state index in [0.717, 1.165) is 25.7 Å². The van der Waals surface area contributed by atoms with Crippen LogP contribution in [0.2, 0.25) is 0 Å². The predicted octanol–water partition coefficient (Wildman–Crippen LogP) is 2.39. The summed E-state index contributed by atoms with van der Waals surface area (Å²) in [6, 6.07) is 6.03. The van der Waals surface area contributed by atoms with Gasteiger partial charge in [-0.2, -0.15) is 4.31 Å². The molecule has 26 heavy (non-hydrogen) atoms. The summed E-state index contributed by atoms with van der Waals surface area (Å²) in [6.45, 7) is 4.93. The highest BCUT2D eigenvalue weighted by atomic mass is 32.2. The zero-order valence-corrected chi connectivity index (χ0v) is 16.5. The van der Waals surface area contributed by atoms with Crippen LogP contribution >= 0.6 is 0 Å². The van der Waals surface area contributed by atoms with E-state index in [0.29, 0.717) is 25.2 Å². The van der Waals surface area contributed by atoms with Crippen molar-refractivity contribution in [3.63, 3.8) is 0 Å². The maximum atomic E-state index is 12.5. The van der Waals surface area contributed by atoms with Gasteiger partial charge in [0.2, 0.25) is 10.0 Å². The van der Waals surface area contributed by atoms with Crippen molar-refractivity contribution in [2.24, 2.45) is 5.41 Å². The molecule has 0 radical (unpaired) electrons. The van der Waals surface area contributed by atoms with Crippen molar-refractivity contribution in [3.8, 4) is 0 Å². The highest BCUT2D eigenvalue weighted by Crippen LogP contribution is 2.35. The van der Waals surface area contributed by atoms with Gasteiger partial charge >= 0.3 is 0 Å². The lowest BCUT2D eigenvalue weighted by atomic mass is 9.74. The predicted molar refractivity (Wildman–Crippen MR) is 101 cm³/mol. The molecule has 0 spiro atoms. The summed E-state index contributed by atoms with van der Waals surface area (Å²) in [4.78, 5) is 12.6. The molecule has 1 aromatic carbocycles. The molecule has 6 nitrogen and oxygen atoms in total. The molecule has 0 heterocycles. The standard InChI is InChI=1S/C19H30N2O4S/c1-3-21(4-2)26(24,25)17-10-8-16(9-11-17)18(23)20-14-19(15-22)12-6-5-7-13-19/h8-11,22H,3-7,12-15H2,1-2H3,(H,20,23). The molecule has 146 valence electrons. The Bertz CT molecular complexity index is 691. The van der Waals surface area contributed by atoms with E-state index < -0.39 is 10.0 Å². The molecule has 2 rings (SSSR count). The Kier molecular flexibility index (Phi) is 7.20. The SMILES string of the molecule is CCN(CC)S(=O)(=O)c1ccc(C(=O)NCC2(CO)CCCCC2)cc1. The molecule has 1 aliphatic rings. The molecule has 0 bridgehead atoms. The summed E-state index contributed by atoms with van der Waals surface area (Å²) in [7, 11) is -3.52. The number of rotatable bonds is 8. The highest BCUT2D eigenvalue weighted by Gasteiger charge is 2.31. The van der Waals surface area contributed by atoms with E-state index in [1.54, 1.807) is 13.8 Å². The lowest BCUT2D eigenvalue weighted by Gasteiger charge is -2.35. The number of sulfonamides is 1. The number of amides is 1. The van der Waals surface area contributed by atoms with Crippen molar-refractivity contribution >= 4 is 15.9 Å². The number of carbonyl (C=O) groups excluding carboxylic acids is 1. The van der Waals surface area contributed by atoms with Crippen molar-refractivity contribution in [2.45, 2.75) is 50.8 Å². The van der Waals surface area contributed by atoms with E-state index in [1.807, 2.05) is 0 Å². The largest absolute Gasteiger partial charge is 0.396 e. The third kappa shape index (κ3) is 4.64. The molecule has 0 atom stereocenters. The number of hydrogen-bond donors (Lipinski definition) is 2. The number of aliphatic hydroxyl groups excluding tert-OH is 1. The van der Waals surface area contributed by atoms with Crippen molar-refractivity contribution in [1.29, 1.82) is 0 Å². The Morgan fingerprint density at radius 3 is 2.19 bits per heavy atom. The van der Waals surface area contributed by atoms with Crippen LogP contribution in [0.4, 0.5) is 0 Å². The van der Waals surface area contributed by atoms with Gasteiger partial charge in [0.1, 0.15) is 0 Å². The number of hydrogen-bond acceptors (Lipinski definition) is 4. The van der Waals surface area contributed by atoms with Crippen LogP contribution in [0.25, 0.3) is 0 Å². The molecule has 0 aromatic heterocycles. The van der Waals surface area contributed by atoms with Gasteiger partial charge in [-0.25, -0.2) is 8.42 Å². The highest BCUT2D eigenvalue weighted by molar-refractivity contribution is 7.89. The van der Waals surface area contributed by atoms with Crippen LogP contribution in [-0.4, -0.2) is 50.0 Å². The summed E-state index contributed by atoms with van der Waals surface area (Å²) in [6.07, 6.45) is 5.18. The van der Waals surface area contributed by atoms with Crippen molar-refractivity contribution in [3.05, 3.63) is 29.8 Å². The second kappa shape index (κ2) is 8.97. The van der Waals surface area contributed by atoms with Crippen LogP contribution in [0, 0.1) is 5.41 Å². The van der Waals surface area contributed by atoms with E-state index in [1.165, 1.54) is 35.0 Å². The third-order valence-electron chi connectivity index (χ3n) is 5.33. The Balaban J connectivity index is 2.04. The van der Waals surface area contributed by atoms with Crippen LogP contribution < -0.4 is 5.32 Å². The minimum Gasteiger partial charge on any atom is -0.396 e. The third-order valence-corrected chi connectivity index (χ3v) is 7.40. The lowest BCUT2D eigenvalue weighted by Crippen LogP contribution is -2.41. The van der Waals surface area contributed by atoms with E-state index >= 15 is 0 Å². The van der Waals surface area contributed by atoms with Crippen molar-refractivity contribution in [1.82, 2.24) is 9.62 Å². The number of benzene rings is 1. The maximum absolute atomic E-state index is 12.5. The van der Waals surface area contributed by atoms with Gasteiger partial charge in [0.25, 0.3) is 5.91 Å². The molecule has 1 aromatic rings. The van der Waals surface area contributed by atoms with Crippen LogP contribution in [-0.2, 0) is 10.0 Å². The Hall–Kier alpha value is -1.44. The Morgan fingerprint density at radius 1 is 1.12 bits per heavy atom. The van der Waals surface area contributed by atoms with Crippen LogP contribution in [0.1, 0.15) is 56.3 Å². The van der Waals surface area contributed by atoms with Crippen molar-refractivity contribution < 1.29 is 18.3 Å². The minimum atomic E-state index is -3.52. The molecular weight excluding hydrogens is 352 g/mol. The molecule has 1 amide bonds. The van der Waals surface area contributed by atoms with Crippen LogP contribution in [0.5, 0.6) is 0 Å². The van der Waals surface area contributed by atoms with Crippen LogP contribution in [0.3, 0.4) is 0 Å². The van der Waals surface area contributed by atoms with Gasteiger partial charge in [-0.15, -0.1) is 0 Å². The van der Waals surface area contributed by atoms with Gasteiger partial charge in [0.05, 0.1) is 11.5 Å². The molecule has 0 unspecified atom stereocenters. The fraction of sp³-hybridized carbons (Fsp3) is 0.632. The monoisotopic (exact) mass is 382 g/mol. The molecule has 1 saturated carbocycles. The second-order valence-corrected chi connectivity index (χ2v) is 8.95. The van der Waals surface area contributed by atoms with Gasteiger partial charge in [0, 0.05) is 30.6 Å². The minimum absolute atomic E-state index is 0.0777. The first-order chi connectivity index (χ1) is 12.4. The first-order valence-electron chi connectivity index (χ1n) is 9.38. The Morgan fingerprint density at radius 2 is 1.69 bits per heavy atom. The molecule has 1 aliphatic carbocycles. The summed E-state index contributed by atoms with van der Waals surface area (Å²) in [5.74, 6) is -0.241. The number of nitrogens with zero attached hydrogens (tertiary/aromatic N) is 1. The fourth-order valence-electron chi connectivity index (χ4n) is 3.55. The van der Waals surface area contributed by atoms with Crippen LogP contribution in [0.15, 0.2) is 29.2 Å². The van der Waals surface area contributed by atoms with Gasteiger partial charge in [-0.05, 0) is 37.1 Å². The molecule has 1 fully saturated rings. The first kappa shape index (κ1) is 20.9. The molecular formula is C19H30N2O4S. The number of carbonyl (C=O) groups is 1. The zero-order valence-electron chi connectivity index (χ0n) is 15.7. The number of nitrogens with one attached hydrogen (secondary N) is 1. The molecule has 2 N–H and O–H groups in total. The van der Waals surface area contributed by atoms with Gasteiger partial charge in [-0.3, -0.25) is 4.79 Å². The lowest BCUT2D eigenvalue weighted by molar-refractivity contribution is 0.0718. The zero-order chi connectivity index (χ0) is 19.2. The van der Waals surface area contributed by atoms with E-state index in [2.05, 4.69) is 5.32 Å². The maximum Gasteiger partial charge on any atom is 0.251 e. The molecule has 0 saturated heterocycles. The summed E-state index contributed by atoms with van der Waals surface area (Å²) in [5.41, 5.74) is 0.201. The van der Waals surface area contributed by atoms with Gasteiger partial charge in [0.15, 0.2) is 0 Å². The number of aliphatic hydroxyl groups is 1. The smallest absolute Gasteiger partial charge is 0.251 e. The van der Waals surface area contributed by atoms with Gasteiger partial charge < -0.3 is 10.4 Å². The summed E-state index contributed by atoms with van der Waals surface area (Å²) >= 11 is 0. The summed E-state index contributed by atoms with van der Waals surface area (Å²) < 4.78 is 26.4. The molecule has 7 heteroatoms. The normalized spacial score (nSPS) is 17.2. The average molecular weight is 383 g/mol. The topological polar surface area (TPSA) is 86.7 Å². The van der Waals surface area contributed by atoms with Gasteiger partial charge in [-0.1, -0.05) is 33.1 Å². The van der Waals surface area contributed by atoms with Crippen molar-refractivity contribution in [2.75, 3.05) is 26.2 Å². The van der Waals surface area contributed by atoms with E-state index in [4.69, 9.17) is 0 Å². The quantitative estimate of drug-likeness (QED) is 0.723. The van der Waals surface area contributed by atoms with E-state index in [9.17, 15) is 18.3 Å². The second-order valence-electron chi connectivity index (χ2n) is 7.02. The average Bonchev–Trinajstić information content (AvgIpc) is 2.67. The summed E-state index contributed by atoms with van der Waals surface area (Å²) in [5, 5.41) is 12.6. The van der Waals surface area contributed by atoms with E-state index in [-0.39, 0.29) is 22.8 Å². The fourth-order valence-corrected chi connectivity index (χ4v) is 5.01.